The Bertz CT molecular complexity index is 898. The van der Waals surface area contributed by atoms with Gasteiger partial charge in [0.15, 0.2) is 0 Å². The highest BCUT2D eigenvalue weighted by molar-refractivity contribution is 7.89. The maximum atomic E-state index is 13.4. The molecule has 1 aliphatic heterocycles. The third-order valence-electron chi connectivity index (χ3n) is 4.77. The van der Waals surface area contributed by atoms with E-state index in [0.29, 0.717) is 23.9 Å². The summed E-state index contributed by atoms with van der Waals surface area (Å²) in [6.45, 7) is 4.11. The predicted molar refractivity (Wildman–Crippen MR) is 107 cm³/mol. The minimum atomic E-state index is -3.67. The van der Waals surface area contributed by atoms with E-state index in [1.165, 1.54) is 6.20 Å². The third kappa shape index (κ3) is 4.11. The maximum absolute atomic E-state index is 13.4. The molecule has 1 fully saturated rings. The van der Waals surface area contributed by atoms with Crippen LogP contribution in [0.15, 0.2) is 40.2 Å². The number of fused-ring (bicyclic) bond motifs is 1. The molecule has 6 nitrogen and oxygen atoms in total. The highest BCUT2D eigenvalue weighted by atomic mass is 35.5. The van der Waals surface area contributed by atoms with Crippen LogP contribution in [-0.4, -0.2) is 43.4 Å². The van der Waals surface area contributed by atoms with Gasteiger partial charge in [-0.1, -0.05) is 25.8 Å². The number of halogens is 1. The maximum Gasteiger partial charge on any atom is 0.255 e. The largest absolute Gasteiger partial charge is 0.329 e. The summed E-state index contributed by atoms with van der Waals surface area (Å²) in [6.07, 6.45) is 5.16. The fourth-order valence-corrected chi connectivity index (χ4v) is 5.36. The van der Waals surface area contributed by atoms with Gasteiger partial charge >= 0.3 is 0 Å². The number of aromatic amines is 1. The molecule has 3 rings (SSSR count). The van der Waals surface area contributed by atoms with E-state index in [0.717, 1.165) is 32.2 Å². The summed E-state index contributed by atoms with van der Waals surface area (Å²) in [7, 11) is -3.67. The van der Waals surface area contributed by atoms with Crippen LogP contribution in [-0.2, 0) is 10.0 Å². The lowest BCUT2D eigenvalue weighted by Gasteiger charge is -2.29. The van der Waals surface area contributed by atoms with Gasteiger partial charge in [0.05, 0.1) is 4.90 Å². The number of aromatic nitrogens is 1. The number of nitrogens with zero attached hydrogens (tertiary/aromatic N) is 1. The van der Waals surface area contributed by atoms with Crippen molar-refractivity contribution in [2.24, 2.45) is 0 Å². The Morgan fingerprint density at radius 1 is 1.23 bits per heavy atom. The highest BCUT2D eigenvalue weighted by Gasteiger charge is 2.33. The van der Waals surface area contributed by atoms with Crippen molar-refractivity contribution in [1.29, 1.82) is 0 Å². The van der Waals surface area contributed by atoms with E-state index in [2.05, 4.69) is 17.2 Å². The van der Waals surface area contributed by atoms with E-state index in [1.54, 1.807) is 28.6 Å². The summed E-state index contributed by atoms with van der Waals surface area (Å²) >= 11 is 0. The molecule has 1 atom stereocenters. The molecule has 2 aromatic rings. The van der Waals surface area contributed by atoms with Crippen molar-refractivity contribution in [1.82, 2.24) is 14.6 Å². The smallest absolute Gasteiger partial charge is 0.255 e. The number of pyridine rings is 1. The van der Waals surface area contributed by atoms with Gasteiger partial charge < -0.3 is 10.3 Å². The van der Waals surface area contributed by atoms with Gasteiger partial charge in [-0.2, -0.15) is 4.31 Å². The first kappa shape index (κ1) is 20.9. The van der Waals surface area contributed by atoms with Crippen molar-refractivity contribution in [3.05, 3.63) is 40.8 Å². The van der Waals surface area contributed by atoms with Crippen LogP contribution < -0.4 is 10.9 Å². The van der Waals surface area contributed by atoms with E-state index in [1.807, 2.05) is 0 Å². The normalized spacial score (nSPS) is 19.0. The van der Waals surface area contributed by atoms with Gasteiger partial charge in [0.1, 0.15) is 0 Å². The van der Waals surface area contributed by atoms with Crippen molar-refractivity contribution in [2.75, 3.05) is 19.6 Å². The Morgan fingerprint density at radius 2 is 2.04 bits per heavy atom. The van der Waals surface area contributed by atoms with Gasteiger partial charge in [-0.3, -0.25) is 4.79 Å². The Morgan fingerprint density at radius 3 is 2.81 bits per heavy atom. The minimum absolute atomic E-state index is 0. The molecule has 2 heterocycles. The zero-order chi connectivity index (χ0) is 17.9. The molecule has 26 heavy (non-hydrogen) atoms. The first-order valence-electron chi connectivity index (χ1n) is 8.88. The van der Waals surface area contributed by atoms with Crippen LogP contribution >= 0.6 is 12.4 Å². The number of rotatable bonds is 5. The van der Waals surface area contributed by atoms with Gasteiger partial charge in [-0.05, 0) is 37.6 Å². The predicted octanol–water partition coefficient (Wildman–Crippen LogP) is 2.49. The molecule has 8 heteroatoms. The number of benzene rings is 1. The first-order chi connectivity index (χ1) is 12.1. The number of nitrogens with one attached hydrogen (secondary N) is 2. The summed E-state index contributed by atoms with van der Waals surface area (Å²) in [4.78, 5) is 14.8. The number of hydrogen-bond acceptors (Lipinski definition) is 4. The molecule has 0 aliphatic carbocycles. The van der Waals surface area contributed by atoms with Crippen LogP contribution in [0, 0.1) is 0 Å². The average Bonchev–Trinajstić information content (AvgIpc) is 2.86. The lowest BCUT2D eigenvalue weighted by atomic mass is 10.1. The van der Waals surface area contributed by atoms with Gasteiger partial charge in [0.2, 0.25) is 10.0 Å². The van der Waals surface area contributed by atoms with Crippen LogP contribution in [0.25, 0.3) is 10.8 Å². The van der Waals surface area contributed by atoms with Gasteiger partial charge in [-0.15, -0.1) is 12.4 Å². The zero-order valence-corrected chi connectivity index (χ0v) is 16.5. The molecule has 0 radical (unpaired) electrons. The molecule has 0 spiro atoms. The summed E-state index contributed by atoms with van der Waals surface area (Å²) in [5, 5.41) is 4.23. The fraction of sp³-hybridized carbons (Fsp3) is 0.500. The standard InChI is InChI=1S/C18H25N3O3S.ClH/c1-2-3-6-14-13-19-10-5-12-21(14)25(23,24)17-8-4-7-16-15(17)9-11-20-18(16)22;/h4,7-9,11,14,19H,2-3,5-6,10,12-13H2,1H3,(H,20,22);1H. The van der Waals surface area contributed by atoms with Crippen molar-refractivity contribution in [2.45, 2.75) is 43.5 Å². The fourth-order valence-electron chi connectivity index (χ4n) is 3.46. The molecule has 1 unspecified atom stereocenters. The molecule has 0 amide bonds. The van der Waals surface area contributed by atoms with Crippen LogP contribution in [0.1, 0.15) is 32.6 Å². The highest BCUT2D eigenvalue weighted by Crippen LogP contribution is 2.27. The Balaban J connectivity index is 0.00000243. The molecule has 0 bridgehead atoms. The van der Waals surface area contributed by atoms with Gasteiger partial charge in [0.25, 0.3) is 5.56 Å². The van der Waals surface area contributed by atoms with E-state index >= 15 is 0 Å². The second-order valence-corrected chi connectivity index (χ2v) is 8.35. The summed E-state index contributed by atoms with van der Waals surface area (Å²) < 4.78 is 28.5. The molecule has 1 aliphatic rings. The molecular weight excluding hydrogens is 374 g/mol. The van der Waals surface area contributed by atoms with Crippen molar-refractivity contribution >= 4 is 33.2 Å². The van der Waals surface area contributed by atoms with Crippen LogP contribution in [0.5, 0.6) is 0 Å². The Hall–Kier alpha value is -1.41. The molecule has 1 aromatic carbocycles. The number of hydrogen-bond donors (Lipinski definition) is 2. The van der Waals surface area contributed by atoms with Crippen molar-refractivity contribution < 1.29 is 8.42 Å². The average molecular weight is 400 g/mol. The topological polar surface area (TPSA) is 82.3 Å². The van der Waals surface area contributed by atoms with Crippen LogP contribution in [0.2, 0.25) is 0 Å². The SMILES string of the molecule is CCCCC1CNCCCN1S(=O)(=O)c1cccc2c(=O)[nH]ccc12.Cl. The first-order valence-corrected chi connectivity index (χ1v) is 10.3. The second-order valence-electron chi connectivity index (χ2n) is 6.49. The molecular formula is C18H26ClN3O3S. The number of H-pyrrole nitrogens is 1. The molecule has 144 valence electrons. The summed E-state index contributed by atoms with van der Waals surface area (Å²) in [5.41, 5.74) is -0.269. The molecule has 0 saturated carbocycles. The lowest BCUT2D eigenvalue weighted by molar-refractivity contribution is 0.313. The summed E-state index contributed by atoms with van der Waals surface area (Å²) in [5.74, 6) is 0. The van der Waals surface area contributed by atoms with Gasteiger partial charge in [0, 0.05) is 36.1 Å². The van der Waals surface area contributed by atoms with E-state index < -0.39 is 10.0 Å². The van der Waals surface area contributed by atoms with E-state index in [9.17, 15) is 13.2 Å². The second kappa shape index (κ2) is 8.99. The number of unbranched alkanes of at least 4 members (excludes halogenated alkanes) is 1. The van der Waals surface area contributed by atoms with Crippen LogP contribution in [0.4, 0.5) is 0 Å². The Kier molecular flexibility index (Phi) is 7.23. The third-order valence-corrected chi connectivity index (χ3v) is 6.78. The lowest BCUT2D eigenvalue weighted by Crippen LogP contribution is -2.43. The zero-order valence-electron chi connectivity index (χ0n) is 14.9. The monoisotopic (exact) mass is 399 g/mol. The quantitative estimate of drug-likeness (QED) is 0.809. The Labute approximate surface area is 160 Å². The number of sulfonamides is 1. The summed E-state index contributed by atoms with van der Waals surface area (Å²) in [6, 6.07) is 6.52. The molecule has 1 aromatic heterocycles. The van der Waals surface area contributed by atoms with Crippen molar-refractivity contribution in [3.8, 4) is 0 Å². The van der Waals surface area contributed by atoms with E-state index in [4.69, 9.17) is 0 Å². The van der Waals surface area contributed by atoms with Gasteiger partial charge in [-0.25, -0.2) is 8.42 Å². The van der Waals surface area contributed by atoms with Crippen molar-refractivity contribution in [3.63, 3.8) is 0 Å². The van der Waals surface area contributed by atoms with E-state index in [-0.39, 0.29) is 28.9 Å². The molecule has 1 saturated heterocycles. The molecule has 2 N–H and O–H groups in total. The van der Waals surface area contributed by atoms with Crippen LogP contribution in [0.3, 0.4) is 0 Å². The minimum Gasteiger partial charge on any atom is -0.329 e.